The van der Waals surface area contributed by atoms with Crippen LogP contribution in [0.5, 0.6) is 0 Å². The lowest BCUT2D eigenvalue weighted by Gasteiger charge is -2.06. The van der Waals surface area contributed by atoms with Gasteiger partial charge >= 0.3 is 5.97 Å². The Hall–Kier alpha value is -1.03. The Morgan fingerprint density at radius 3 is 2.73 bits per heavy atom. The van der Waals surface area contributed by atoms with Gasteiger partial charge in [-0.2, -0.15) is 0 Å². The second-order valence-corrected chi connectivity index (χ2v) is 4.22. The van der Waals surface area contributed by atoms with E-state index in [9.17, 15) is 4.79 Å². The SMILES string of the molecule is CCOC(=O)c1ccc(SCC)nc1C. The van der Waals surface area contributed by atoms with Gasteiger partial charge < -0.3 is 4.74 Å². The molecule has 0 bridgehead atoms. The molecule has 0 fully saturated rings. The van der Waals surface area contributed by atoms with Gasteiger partial charge in [-0.05, 0) is 31.7 Å². The summed E-state index contributed by atoms with van der Waals surface area (Å²) in [7, 11) is 0. The zero-order chi connectivity index (χ0) is 11.3. The van der Waals surface area contributed by atoms with Crippen molar-refractivity contribution in [3.8, 4) is 0 Å². The van der Waals surface area contributed by atoms with Crippen LogP contribution in [0.15, 0.2) is 17.2 Å². The van der Waals surface area contributed by atoms with E-state index in [1.54, 1.807) is 24.8 Å². The third kappa shape index (κ3) is 3.23. The van der Waals surface area contributed by atoms with Gasteiger partial charge in [-0.3, -0.25) is 0 Å². The van der Waals surface area contributed by atoms with Gasteiger partial charge in [-0.15, -0.1) is 11.8 Å². The van der Waals surface area contributed by atoms with Crippen molar-refractivity contribution in [3.05, 3.63) is 23.4 Å². The molecule has 3 nitrogen and oxygen atoms in total. The minimum absolute atomic E-state index is 0.296. The van der Waals surface area contributed by atoms with E-state index in [1.165, 1.54) is 0 Å². The zero-order valence-electron chi connectivity index (χ0n) is 9.24. The molecule has 0 aromatic carbocycles. The molecule has 1 heterocycles. The first-order valence-corrected chi connectivity index (χ1v) is 5.95. The Bertz CT molecular complexity index is 352. The van der Waals surface area contributed by atoms with Crippen LogP contribution in [-0.4, -0.2) is 23.3 Å². The zero-order valence-corrected chi connectivity index (χ0v) is 10.1. The van der Waals surface area contributed by atoms with Gasteiger partial charge in [-0.1, -0.05) is 6.92 Å². The molecule has 0 amide bonds. The number of hydrogen-bond donors (Lipinski definition) is 0. The summed E-state index contributed by atoms with van der Waals surface area (Å²) in [5.74, 6) is 0.682. The highest BCUT2D eigenvalue weighted by atomic mass is 32.2. The van der Waals surface area contributed by atoms with Gasteiger partial charge in [0, 0.05) is 0 Å². The van der Waals surface area contributed by atoms with Gasteiger partial charge in [0.25, 0.3) is 0 Å². The molecule has 0 saturated carbocycles. The molecule has 0 atom stereocenters. The number of rotatable bonds is 4. The van der Waals surface area contributed by atoms with Crippen LogP contribution in [0.25, 0.3) is 0 Å². The third-order valence-electron chi connectivity index (χ3n) is 1.85. The van der Waals surface area contributed by atoms with Crippen LogP contribution in [0.3, 0.4) is 0 Å². The van der Waals surface area contributed by atoms with Crippen molar-refractivity contribution in [2.45, 2.75) is 25.8 Å². The molecule has 4 heteroatoms. The van der Waals surface area contributed by atoms with Crippen molar-refractivity contribution < 1.29 is 9.53 Å². The van der Waals surface area contributed by atoms with Crippen LogP contribution in [0.4, 0.5) is 0 Å². The smallest absolute Gasteiger partial charge is 0.339 e. The maximum Gasteiger partial charge on any atom is 0.339 e. The summed E-state index contributed by atoms with van der Waals surface area (Å²) >= 11 is 1.66. The largest absolute Gasteiger partial charge is 0.462 e. The standard InChI is InChI=1S/C11H15NO2S/c1-4-14-11(13)9-6-7-10(15-5-2)12-8(9)3/h6-7H,4-5H2,1-3H3. The number of esters is 1. The number of thioether (sulfide) groups is 1. The molecule has 15 heavy (non-hydrogen) atoms. The molecule has 1 aromatic heterocycles. The molecular formula is C11H15NO2S. The van der Waals surface area contributed by atoms with Gasteiger partial charge in [-0.25, -0.2) is 9.78 Å². The van der Waals surface area contributed by atoms with E-state index in [-0.39, 0.29) is 5.97 Å². The van der Waals surface area contributed by atoms with E-state index in [2.05, 4.69) is 11.9 Å². The third-order valence-corrected chi connectivity index (χ3v) is 2.66. The molecular weight excluding hydrogens is 210 g/mol. The minimum atomic E-state index is -0.296. The number of aryl methyl sites for hydroxylation is 1. The maximum atomic E-state index is 11.5. The van der Waals surface area contributed by atoms with E-state index < -0.39 is 0 Å². The van der Waals surface area contributed by atoms with Crippen LogP contribution in [-0.2, 0) is 4.74 Å². The normalized spacial score (nSPS) is 10.1. The Kier molecular flexibility index (Phi) is 4.62. The average Bonchev–Trinajstić information content (AvgIpc) is 2.18. The average molecular weight is 225 g/mol. The van der Waals surface area contributed by atoms with Crippen LogP contribution in [0.2, 0.25) is 0 Å². The van der Waals surface area contributed by atoms with Gasteiger partial charge in [0.15, 0.2) is 0 Å². The fourth-order valence-corrected chi connectivity index (χ4v) is 1.85. The lowest BCUT2D eigenvalue weighted by atomic mass is 10.2. The predicted octanol–water partition coefficient (Wildman–Crippen LogP) is 2.68. The van der Waals surface area contributed by atoms with Gasteiger partial charge in [0.05, 0.1) is 22.9 Å². The summed E-state index contributed by atoms with van der Waals surface area (Å²) < 4.78 is 4.92. The van der Waals surface area contributed by atoms with Crippen LogP contribution in [0, 0.1) is 6.92 Å². The number of carbonyl (C=O) groups excluding carboxylic acids is 1. The van der Waals surface area contributed by atoms with Crippen LogP contribution >= 0.6 is 11.8 Å². The molecule has 0 aliphatic heterocycles. The van der Waals surface area contributed by atoms with Crippen molar-refractivity contribution in [1.82, 2.24) is 4.98 Å². The number of nitrogens with zero attached hydrogens (tertiary/aromatic N) is 1. The summed E-state index contributed by atoms with van der Waals surface area (Å²) in [6.07, 6.45) is 0. The Morgan fingerprint density at radius 2 is 2.20 bits per heavy atom. The molecule has 0 spiro atoms. The van der Waals surface area contributed by atoms with Crippen molar-refractivity contribution in [2.75, 3.05) is 12.4 Å². The van der Waals surface area contributed by atoms with Crippen molar-refractivity contribution in [2.24, 2.45) is 0 Å². The number of carbonyl (C=O) groups is 1. The predicted molar refractivity (Wildman–Crippen MR) is 61.3 cm³/mol. The number of ether oxygens (including phenoxy) is 1. The molecule has 0 aliphatic carbocycles. The van der Waals surface area contributed by atoms with Crippen molar-refractivity contribution in [1.29, 1.82) is 0 Å². The van der Waals surface area contributed by atoms with E-state index in [0.717, 1.165) is 16.5 Å². The summed E-state index contributed by atoms with van der Waals surface area (Å²) in [5.41, 5.74) is 1.28. The Labute approximate surface area is 94.2 Å². The minimum Gasteiger partial charge on any atom is -0.462 e. The highest BCUT2D eigenvalue weighted by Crippen LogP contribution is 2.17. The number of pyridine rings is 1. The topological polar surface area (TPSA) is 39.2 Å². The number of aromatic nitrogens is 1. The molecule has 1 aromatic rings. The Morgan fingerprint density at radius 1 is 1.47 bits per heavy atom. The highest BCUT2D eigenvalue weighted by molar-refractivity contribution is 7.99. The summed E-state index contributed by atoms with van der Waals surface area (Å²) in [6, 6.07) is 3.63. The quantitative estimate of drug-likeness (QED) is 0.583. The molecule has 0 saturated heterocycles. The summed E-state index contributed by atoms with van der Waals surface area (Å²) in [6.45, 7) is 6.08. The summed E-state index contributed by atoms with van der Waals surface area (Å²) in [5, 5.41) is 0.947. The molecule has 82 valence electrons. The molecule has 0 N–H and O–H groups in total. The summed E-state index contributed by atoms with van der Waals surface area (Å²) in [4.78, 5) is 15.8. The van der Waals surface area contributed by atoms with Gasteiger partial charge in [0.2, 0.25) is 0 Å². The van der Waals surface area contributed by atoms with Crippen molar-refractivity contribution >= 4 is 17.7 Å². The van der Waals surface area contributed by atoms with E-state index in [1.807, 2.05) is 13.0 Å². The number of hydrogen-bond acceptors (Lipinski definition) is 4. The van der Waals surface area contributed by atoms with Crippen LogP contribution < -0.4 is 0 Å². The highest BCUT2D eigenvalue weighted by Gasteiger charge is 2.11. The van der Waals surface area contributed by atoms with E-state index >= 15 is 0 Å². The first-order chi connectivity index (χ1) is 7.19. The fourth-order valence-electron chi connectivity index (χ4n) is 1.19. The van der Waals surface area contributed by atoms with Crippen molar-refractivity contribution in [3.63, 3.8) is 0 Å². The maximum absolute atomic E-state index is 11.5. The first-order valence-electron chi connectivity index (χ1n) is 4.96. The monoisotopic (exact) mass is 225 g/mol. The van der Waals surface area contributed by atoms with Gasteiger partial charge in [0.1, 0.15) is 0 Å². The first kappa shape index (κ1) is 12.0. The van der Waals surface area contributed by atoms with E-state index in [0.29, 0.717) is 12.2 Å². The Balaban J connectivity index is 2.87. The second kappa shape index (κ2) is 5.75. The lowest BCUT2D eigenvalue weighted by molar-refractivity contribution is 0.0525. The lowest BCUT2D eigenvalue weighted by Crippen LogP contribution is -2.07. The molecule has 0 radical (unpaired) electrons. The molecule has 1 rings (SSSR count). The molecule has 0 aliphatic rings. The van der Waals surface area contributed by atoms with E-state index in [4.69, 9.17) is 4.74 Å². The molecule has 0 unspecified atom stereocenters. The second-order valence-electron chi connectivity index (χ2n) is 2.94. The fraction of sp³-hybridized carbons (Fsp3) is 0.455. The van der Waals surface area contributed by atoms with Crippen LogP contribution in [0.1, 0.15) is 29.9 Å².